The van der Waals surface area contributed by atoms with Crippen molar-refractivity contribution < 1.29 is 4.74 Å². The molecule has 0 amide bonds. The van der Waals surface area contributed by atoms with E-state index in [1.165, 1.54) is 4.68 Å². The van der Waals surface area contributed by atoms with Crippen molar-refractivity contribution in [3.05, 3.63) is 18.5 Å². The zero-order chi connectivity index (χ0) is 14.4. The molecule has 1 unspecified atom stereocenters. The fourth-order valence-corrected chi connectivity index (χ4v) is 1.86. The average molecular weight is 277 g/mol. The van der Waals surface area contributed by atoms with Gasteiger partial charge in [-0.25, -0.2) is 4.68 Å². The molecule has 108 valence electrons. The first-order valence-electron chi connectivity index (χ1n) is 6.50. The van der Waals surface area contributed by atoms with Crippen LogP contribution in [0.2, 0.25) is 0 Å². The molecular formula is C12H19N7O. The second-order valence-electron chi connectivity index (χ2n) is 4.35. The van der Waals surface area contributed by atoms with E-state index in [1.807, 2.05) is 0 Å². The predicted molar refractivity (Wildman–Crippen MR) is 75.6 cm³/mol. The summed E-state index contributed by atoms with van der Waals surface area (Å²) >= 11 is 0. The molecule has 0 saturated heterocycles. The van der Waals surface area contributed by atoms with Crippen molar-refractivity contribution in [3.8, 4) is 5.95 Å². The molecular weight excluding hydrogens is 258 g/mol. The van der Waals surface area contributed by atoms with Gasteiger partial charge in [0.15, 0.2) is 0 Å². The monoisotopic (exact) mass is 277 g/mol. The third-order valence-electron chi connectivity index (χ3n) is 2.69. The Hall–Kier alpha value is -2.22. The van der Waals surface area contributed by atoms with Gasteiger partial charge in [-0.2, -0.15) is 20.1 Å². The predicted octanol–water partition coefficient (Wildman–Crippen LogP) is 0.866. The lowest BCUT2D eigenvalue weighted by Gasteiger charge is -2.17. The van der Waals surface area contributed by atoms with Crippen molar-refractivity contribution in [2.45, 2.75) is 25.8 Å². The topological polar surface area (TPSA) is 104 Å². The maximum Gasteiger partial charge on any atom is 0.257 e. The van der Waals surface area contributed by atoms with Gasteiger partial charge >= 0.3 is 0 Å². The minimum absolute atomic E-state index is 0.136. The highest BCUT2D eigenvalue weighted by Gasteiger charge is 2.12. The fourth-order valence-electron chi connectivity index (χ4n) is 1.86. The Morgan fingerprint density at radius 2 is 2.25 bits per heavy atom. The lowest BCUT2D eigenvalue weighted by atomic mass is 10.2. The molecule has 0 spiro atoms. The Labute approximate surface area is 117 Å². The van der Waals surface area contributed by atoms with Gasteiger partial charge < -0.3 is 15.8 Å². The minimum Gasteiger partial charge on any atom is -0.383 e. The molecule has 1 atom stereocenters. The van der Waals surface area contributed by atoms with Crippen LogP contribution in [0, 0.1) is 0 Å². The molecule has 8 nitrogen and oxygen atoms in total. The van der Waals surface area contributed by atoms with Crippen LogP contribution in [0.25, 0.3) is 5.95 Å². The summed E-state index contributed by atoms with van der Waals surface area (Å²) in [7, 11) is 1.67. The molecule has 8 heteroatoms. The summed E-state index contributed by atoms with van der Waals surface area (Å²) in [6, 6.07) is 1.93. The normalized spacial score (nSPS) is 12.3. The molecule has 2 aromatic heterocycles. The van der Waals surface area contributed by atoms with Crippen LogP contribution < -0.4 is 11.1 Å². The second kappa shape index (κ2) is 6.80. The molecule has 0 aliphatic carbocycles. The SMILES string of the molecule is CCCC(COC)Nc1nc(N)nc(-n2cccn2)n1. The Kier molecular flexibility index (Phi) is 4.83. The zero-order valence-electron chi connectivity index (χ0n) is 11.7. The largest absolute Gasteiger partial charge is 0.383 e. The molecule has 0 saturated carbocycles. The molecule has 2 rings (SSSR count). The van der Waals surface area contributed by atoms with Gasteiger partial charge in [-0.1, -0.05) is 13.3 Å². The van der Waals surface area contributed by atoms with Crippen LogP contribution in [0.4, 0.5) is 11.9 Å². The number of rotatable bonds is 7. The van der Waals surface area contributed by atoms with Crippen LogP contribution in [-0.2, 0) is 4.74 Å². The summed E-state index contributed by atoms with van der Waals surface area (Å²) in [6.07, 6.45) is 5.39. The maximum atomic E-state index is 5.71. The average Bonchev–Trinajstić information content (AvgIpc) is 2.92. The van der Waals surface area contributed by atoms with E-state index in [0.29, 0.717) is 18.5 Å². The number of anilines is 2. The highest BCUT2D eigenvalue weighted by molar-refractivity contribution is 5.35. The van der Waals surface area contributed by atoms with Crippen LogP contribution in [-0.4, -0.2) is 44.5 Å². The van der Waals surface area contributed by atoms with E-state index in [4.69, 9.17) is 10.5 Å². The maximum absolute atomic E-state index is 5.71. The zero-order valence-corrected chi connectivity index (χ0v) is 11.7. The molecule has 0 radical (unpaired) electrons. The van der Waals surface area contributed by atoms with E-state index in [0.717, 1.165) is 12.8 Å². The summed E-state index contributed by atoms with van der Waals surface area (Å²) in [5.41, 5.74) is 5.71. The fraction of sp³-hybridized carbons (Fsp3) is 0.500. The van der Waals surface area contributed by atoms with Gasteiger partial charge in [-0.15, -0.1) is 0 Å². The molecule has 2 aromatic rings. The van der Waals surface area contributed by atoms with Crippen molar-refractivity contribution in [3.63, 3.8) is 0 Å². The Bertz CT molecular complexity index is 523. The molecule has 0 aliphatic rings. The Morgan fingerprint density at radius 3 is 2.90 bits per heavy atom. The van der Waals surface area contributed by atoms with Crippen LogP contribution in [0.3, 0.4) is 0 Å². The van der Waals surface area contributed by atoms with Crippen molar-refractivity contribution in [2.24, 2.45) is 0 Å². The van der Waals surface area contributed by atoms with Gasteiger partial charge in [0.1, 0.15) is 0 Å². The first kappa shape index (κ1) is 14.2. The molecule has 0 fully saturated rings. The number of methoxy groups -OCH3 is 1. The summed E-state index contributed by atoms with van der Waals surface area (Å²) in [4.78, 5) is 12.5. The highest BCUT2D eigenvalue weighted by Crippen LogP contribution is 2.10. The van der Waals surface area contributed by atoms with Crippen LogP contribution in [0.1, 0.15) is 19.8 Å². The number of hydrogen-bond donors (Lipinski definition) is 2. The lowest BCUT2D eigenvalue weighted by Crippen LogP contribution is -2.26. The van der Waals surface area contributed by atoms with Crippen LogP contribution in [0.5, 0.6) is 0 Å². The van der Waals surface area contributed by atoms with E-state index >= 15 is 0 Å². The van der Waals surface area contributed by atoms with E-state index in [9.17, 15) is 0 Å². The summed E-state index contributed by atoms with van der Waals surface area (Å²) in [5.74, 6) is 0.969. The summed E-state index contributed by atoms with van der Waals surface area (Å²) in [6.45, 7) is 2.69. The van der Waals surface area contributed by atoms with Gasteiger partial charge in [0.2, 0.25) is 11.9 Å². The number of nitrogens with one attached hydrogen (secondary N) is 1. The number of nitrogens with zero attached hydrogens (tertiary/aromatic N) is 5. The smallest absolute Gasteiger partial charge is 0.257 e. The third kappa shape index (κ3) is 3.64. The van der Waals surface area contributed by atoms with Gasteiger partial charge in [-0.05, 0) is 12.5 Å². The first-order valence-corrected chi connectivity index (χ1v) is 6.50. The van der Waals surface area contributed by atoms with E-state index in [1.54, 1.807) is 25.6 Å². The molecule has 20 heavy (non-hydrogen) atoms. The van der Waals surface area contributed by atoms with Crippen LogP contribution in [0.15, 0.2) is 18.5 Å². The van der Waals surface area contributed by atoms with Gasteiger partial charge in [-0.3, -0.25) is 0 Å². The lowest BCUT2D eigenvalue weighted by molar-refractivity contribution is 0.182. The number of hydrogen-bond acceptors (Lipinski definition) is 7. The van der Waals surface area contributed by atoms with Crippen molar-refractivity contribution in [1.82, 2.24) is 24.7 Å². The quantitative estimate of drug-likeness (QED) is 0.773. The van der Waals surface area contributed by atoms with Gasteiger partial charge in [0.25, 0.3) is 5.95 Å². The number of nitrogen functional groups attached to an aromatic ring is 1. The molecule has 3 N–H and O–H groups in total. The van der Waals surface area contributed by atoms with E-state index in [-0.39, 0.29) is 12.0 Å². The molecule has 2 heterocycles. The molecule has 0 aromatic carbocycles. The summed E-state index contributed by atoms with van der Waals surface area (Å²) < 4.78 is 6.72. The second-order valence-corrected chi connectivity index (χ2v) is 4.35. The molecule has 0 aliphatic heterocycles. The van der Waals surface area contributed by atoms with Crippen molar-refractivity contribution in [1.29, 1.82) is 0 Å². The summed E-state index contributed by atoms with van der Waals surface area (Å²) in [5, 5.41) is 7.29. The standard InChI is InChI=1S/C12H19N7O/c1-3-5-9(8-20-2)15-11-16-10(13)17-12(18-11)19-7-4-6-14-19/h4,6-7,9H,3,5,8H2,1-2H3,(H3,13,15,16,17,18). The van der Waals surface area contributed by atoms with E-state index < -0.39 is 0 Å². The van der Waals surface area contributed by atoms with Crippen molar-refractivity contribution in [2.75, 3.05) is 24.8 Å². The minimum atomic E-state index is 0.136. The first-order chi connectivity index (χ1) is 9.72. The number of ether oxygens (including phenoxy) is 1. The highest BCUT2D eigenvalue weighted by atomic mass is 16.5. The van der Waals surface area contributed by atoms with Crippen LogP contribution >= 0.6 is 0 Å². The van der Waals surface area contributed by atoms with Gasteiger partial charge in [0.05, 0.1) is 12.6 Å². The third-order valence-corrected chi connectivity index (χ3v) is 2.69. The number of nitrogens with two attached hydrogens (primary N) is 1. The number of aromatic nitrogens is 5. The Morgan fingerprint density at radius 1 is 1.40 bits per heavy atom. The van der Waals surface area contributed by atoms with E-state index in [2.05, 4.69) is 32.3 Å². The molecule has 0 bridgehead atoms. The Balaban J connectivity index is 2.19. The van der Waals surface area contributed by atoms with Crippen molar-refractivity contribution >= 4 is 11.9 Å². The van der Waals surface area contributed by atoms with Gasteiger partial charge in [0, 0.05) is 19.5 Å².